The van der Waals surface area contributed by atoms with Crippen molar-refractivity contribution in [3.63, 3.8) is 0 Å². The minimum Gasteiger partial charge on any atom is -0.481 e. The molecule has 2 amide bonds. The third-order valence-electron chi connectivity index (χ3n) is 7.23. The van der Waals surface area contributed by atoms with E-state index >= 15 is 0 Å². The Morgan fingerprint density at radius 3 is 1.00 bits per heavy atom. The van der Waals surface area contributed by atoms with Crippen LogP contribution in [0.2, 0.25) is 0 Å². The number of nitrogens with zero attached hydrogens (tertiary/aromatic N) is 2. The van der Waals surface area contributed by atoms with Crippen molar-refractivity contribution >= 4 is 23.8 Å². The van der Waals surface area contributed by atoms with Gasteiger partial charge in [-0.1, -0.05) is 117 Å². The van der Waals surface area contributed by atoms with Crippen LogP contribution >= 0.6 is 0 Å². The zero-order valence-electron chi connectivity index (χ0n) is 25.1. The van der Waals surface area contributed by atoms with Crippen LogP contribution in [0.1, 0.15) is 155 Å². The van der Waals surface area contributed by atoms with Crippen molar-refractivity contribution in [2.75, 3.05) is 19.8 Å². The van der Waals surface area contributed by atoms with Gasteiger partial charge < -0.3 is 20.0 Å². The van der Waals surface area contributed by atoms with Crippen LogP contribution in [-0.2, 0) is 19.2 Å². The Hall–Kier alpha value is -2.12. The minimum atomic E-state index is -1.01. The molecule has 0 spiro atoms. The molecule has 0 aliphatic carbocycles. The fraction of sp³-hybridized carbons (Fsp3) is 0.871. The maximum Gasteiger partial charge on any atom is 0.305 e. The van der Waals surface area contributed by atoms with Gasteiger partial charge in [-0.2, -0.15) is 0 Å². The topological polar surface area (TPSA) is 115 Å². The highest BCUT2D eigenvalue weighted by molar-refractivity contribution is 5.79. The lowest BCUT2D eigenvalue weighted by molar-refractivity contribution is -0.142. The van der Waals surface area contributed by atoms with Gasteiger partial charge in [0.25, 0.3) is 0 Å². The first-order valence-corrected chi connectivity index (χ1v) is 15.8. The maximum absolute atomic E-state index is 13.0. The Morgan fingerprint density at radius 1 is 0.436 bits per heavy atom. The summed E-state index contributed by atoms with van der Waals surface area (Å²) in [6.07, 6.45) is 20.6. The van der Waals surface area contributed by atoms with Gasteiger partial charge in [0.2, 0.25) is 11.8 Å². The van der Waals surface area contributed by atoms with Gasteiger partial charge in [-0.3, -0.25) is 19.2 Å². The van der Waals surface area contributed by atoms with E-state index in [1.165, 1.54) is 74.0 Å². The predicted octanol–water partition coefficient (Wildman–Crippen LogP) is 7.39. The third-order valence-corrected chi connectivity index (χ3v) is 7.23. The average Bonchev–Trinajstić information content (AvgIpc) is 2.90. The van der Waals surface area contributed by atoms with Crippen molar-refractivity contribution in [3.05, 3.63) is 0 Å². The van der Waals surface area contributed by atoms with Crippen molar-refractivity contribution < 1.29 is 29.4 Å². The molecule has 228 valence electrons. The van der Waals surface area contributed by atoms with Gasteiger partial charge in [-0.25, -0.2) is 0 Å². The van der Waals surface area contributed by atoms with E-state index in [4.69, 9.17) is 10.2 Å². The summed E-state index contributed by atoms with van der Waals surface area (Å²) in [6.45, 7) is 4.39. The molecule has 39 heavy (non-hydrogen) atoms. The van der Waals surface area contributed by atoms with E-state index in [9.17, 15) is 19.2 Å². The molecule has 0 heterocycles. The lowest BCUT2D eigenvalue weighted by Gasteiger charge is -2.30. The van der Waals surface area contributed by atoms with E-state index in [2.05, 4.69) is 13.8 Å². The standard InChI is InChI=1S/C31H58N2O6/c1-3-5-7-9-11-13-15-17-19-21-28(34)32(25-23-30(36)37)27-33(26-24-31(38)39)29(35)22-20-18-16-14-12-10-8-6-4-2/h3-27H2,1-2H3,(H,36,37)(H,38,39). The Kier molecular flexibility index (Phi) is 24.7. The van der Waals surface area contributed by atoms with E-state index in [0.29, 0.717) is 12.8 Å². The zero-order valence-corrected chi connectivity index (χ0v) is 25.1. The van der Waals surface area contributed by atoms with Crippen molar-refractivity contribution in [3.8, 4) is 0 Å². The molecule has 0 atom stereocenters. The van der Waals surface area contributed by atoms with Crippen LogP contribution in [0.25, 0.3) is 0 Å². The smallest absolute Gasteiger partial charge is 0.305 e. The van der Waals surface area contributed by atoms with Crippen LogP contribution in [0.15, 0.2) is 0 Å². The number of unbranched alkanes of at least 4 members (excludes halogenated alkanes) is 16. The molecule has 0 radical (unpaired) electrons. The number of carbonyl (C=O) groups is 4. The lowest BCUT2D eigenvalue weighted by Crippen LogP contribution is -2.45. The molecule has 0 aromatic rings. The summed E-state index contributed by atoms with van der Waals surface area (Å²) in [5, 5.41) is 18.3. The summed E-state index contributed by atoms with van der Waals surface area (Å²) in [6, 6.07) is 0. The molecule has 0 aliphatic rings. The predicted molar refractivity (Wildman–Crippen MR) is 156 cm³/mol. The number of hydrogen-bond acceptors (Lipinski definition) is 4. The van der Waals surface area contributed by atoms with Crippen LogP contribution in [0.4, 0.5) is 0 Å². The van der Waals surface area contributed by atoms with Gasteiger partial charge in [-0.15, -0.1) is 0 Å². The van der Waals surface area contributed by atoms with Gasteiger partial charge in [0, 0.05) is 25.9 Å². The van der Waals surface area contributed by atoms with Gasteiger partial charge in [-0.05, 0) is 12.8 Å². The molecular weight excluding hydrogens is 496 g/mol. The van der Waals surface area contributed by atoms with Crippen LogP contribution in [-0.4, -0.2) is 63.5 Å². The van der Waals surface area contributed by atoms with Crippen molar-refractivity contribution in [1.82, 2.24) is 9.80 Å². The highest BCUT2D eigenvalue weighted by atomic mass is 16.4. The lowest BCUT2D eigenvalue weighted by atomic mass is 10.1. The van der Waals surface area contributed by atoms with Gasteiger partial charge in [0.15, 0.2) is 0 Å². The summed E-state index contributed by atoms with van der Waals surface area (Å²) in [5.74, 6) is -2.35. The highest BCUT2D eigenvalue weighted by Gasteiger charge is 2.22. The maximum atomic E-state index is 13.0. The molecule has 8 nitrogen and oxygen atoms in total. The Balaban J connectivity index is 4.70. The molecule has 0 fully saturated rings. The average molecular weight is 555 g/mol. The molecule has 0 bridgehead atoms. The number of carboxylic acids is 2. The fourth-order valence-electron chi connectivity index (χ4n) is 4.71. The van der Waals surface area contributed by atoms with Crippen molar-refractivity contribution in [1.29, 1.82) is 0 Å². The van der Waals surface area contributed by atoms with Gasteiger partial charge >= 0.3 is 11.9 Å². The minimum absolute atomic E-state index is 0.0144. The van der Waals surface area contributed by atoms with Gasteiger partial charge in [0.05, 0.1) is 19.5 Å². The van der Waals surface area contributed by atoms with Crippen LogP contribution in [0, 0.1) is 0 Å². The van der Waals surface area contributed by atoms with E-state index in [-0.39, 0.29) is 44.4 Å². The zero-order chi connectivity index (χ0) is 29.1. The number of hydrogen-bond donors (Lipinski definition) is 2. The molecule has 2 N–H and O–H groups in total. The number of carboxylic acid groups (broad SMARTS) is 2. The number of aliphatic carboxylic acids is 2. The quantitative estimate of drug-likeness (QED) is 0.0769. The molecule has 0 rings (SSSR count). The molecule has 0 unspecified atom stereocenters. The highest BCUT2D eigenvalue weighted by Crippen LogP contribution is 2.14. The van der Waals surface area contributed by atoms with Crippen LogP contribution < -0.4 is 0 Å². The molecule has 0 saturated heterocycles. The third kappa shape index (κ3) is 23.5. The molecule has 0 aliphatic heterocycles. The Labute approximate surface area is 237 Å². The van der Waals surface area contributed by atoms with E-state index in [1.807, 2.05) is 0 Å². The molecule has 0 saturated carbocycles. The summed E-state index contributed by atoms with van der Waals surface area (Å²) >= 11 is 0. The van der Waals surface area contributed by atoms with Crippen LogP contribution in [0.5, 0.6) is 0 Å². The Bertz CT molecular complexity index is 601. The summed E-state index contributed by atoms with van der Waals surface area (Å²) in [7, 11) is 0. The number of amides is 2. The number of carbonyl (C=O) groups excluding carboxylic acids is 2. The van der Waals surface area contributed by atoms with E-state index in [1.54, 1.807) is 0 Å². The van der Waals surface area contributed by atoms with Crippen molar-refractivity contribution in [2.24, 2.45) is 0 Å². The Morgan fingerprint density at radius 2 is 0.718 bits per heavy atom. The first-order valence-electron chi connectivity index (χ1n) is 15.8. The second-order valence-corrected chi connectivity index (χ2v) is 10.9. The summed E-state index contributed by atoms with van der Waals surface area (Å²) in [4.78, 5) is 51.2. The normalized spacial score (nSPS) is 10.9. The van der Waals surface area contributed by atoms with E-state index < -0.39 is 11.9 Å². The SMILES string of the molecule is CCCCCCCCCCCC(=O)N(CCC(=O)O)CN(CCC(=O)O)C(=O)CCCCCCCCCCC. The first kappa shape index (κ1) is 36.9. The number of rotatable bonds is 28. The molecule has 0 aromatic heterocycles. The molecule has 8 heteroatoms. The largest absolute Gasteiger partial charge is 0.481 e. The van der Waals surface area contributed by atoms with Gasteiger partial charge in [0.1, 0.15) is 0 Å². The summed E-state index contributed by atoms with van der Waals surface area (Å²) < 4.78 is 0. The van der Waals surface area contributed by atoms with E-state index in [0.717, 1.165) is 51.4 Å². The molecule has 0 aromatic carbocycles. The second kappa shape index (κ2) is 26.1. The fourth-order valence-corrected chi connectivity index (χ4v) is 4.71. The van der Waals surface area contributed by atoms with Crippen LogP contribution in [0.3, 0.4) is 0 Å². The molecular formula is C31H58N2O6. The monoisotopic (exact) mass is 554 g/mol. The summed E-state index contributed by atoms with van der Waals surface area (Å²) in [5.41, 5.74) is 0. The first-order chi connectivity index (χ1) is 18.8. The van der Waals surface area contributed by atoms with Crippen molar-refractivity contribution in [2.45, 2.75) is 155 Å². The second-order valence-electron chi connectivity index (χ2n) is 10.9.